The van der Waals surface area contributed by atoms with Crippen LogP contribution in [0.25, 0.3) is 0 Å². The lowest BCUT2D eigenvalue weighted by Gasteiger charge is -2.27. The van der Waals surface area contributed by atoms with Crippen molar-refractivity contribution in [3.05, 3.63) is 41.0 Å². The predicted molar refractivity (Wildman–Crippen MR) is 122 cm³/mol. The molecular formula is C24H34N6O. The summed E-state index contributed by atoms with van der Waals surface area (Å²) in [5.74, 6) is 0.748. The molecule has 0 aromatic carbocycles. The van der Waals surface area contributed by atoms with Crippen molar-refractivity contribution in [3.63, 3.8) is 0 Å². The molecule has 0 spiro atoms. The lowest BCUT2D eigenvalue weighted by atomic mass is 9.95. The molecule has 4 rings (SSSR count). The minimum atomic E-state index is 0.147. The van der Waals surface area contributed by atoms with Crippen molar-refractivity contribution in [2.75, 3.05) is 18.4 Å². The van der Waals surface area contributed by atoms with Crippen molar-refractivity contribution >= 4 is 17.5 Å². The second-order valence-electron chi connectivity index (χ2n) is 9.05. The maximum absolute atomic E-state index is 12.7. The molecule has 1 saturated carbocycles. The zero-order chi connectivity index (χ0) is 21.8. The van der Waals surface area contributed by atoms with E-state index in [1.54, 1.807) is 0 Å². The quantitative estimate of drug-likeness (QED) is 0.728. The Bertz CT molecular complexity index is 904. The second kappa shape index (κ2) is 9.73. The van der Waals surface area contributed by atoms with E-state index in [9.17, 15) is 4.79 Å². The number of hydrogen-bond donors (Lipinski definition) is 2. The average molecular weight is 423 g/mol. The van der Waals surface area contributed by atoms with E-state index in [4.69, 9.17) is 4.98 Å². The smallest absolute Gasteiger partial charge is 0.234 e. The Morgan fingerprint density at radius 1 is 0.935 bits per heavy atom. The minimum absolute atomic E-state index is 0.147. The summed E-state index contributed by atoms with van der Waals surface area (Å²) in [7, 11) is 0. The Labute approximate surface area is 185 Å². The van der Waals surface area contributed by atoms with Crippen LogP contribution < -0.4 is 10.6 Å². The molecule has 31 heavy (non-hydrogen) atoms. The minimum Gasteiger partial charge on any atom is -0.352 e. The number of pyridine rings is 1. The number of aromatic nitrogens is 3. The Morgan fingerprint density at radius 3 is 2.39 bits per heavy atom. The third kappa shape index (κ3) is 5.79. The normalized spacial score (nSPS) is 20.0. The van der Waals surface area contributed by atoms with Crippen LogP contribution in [0.5, 0.6) is 0 Å². The molecule has 166 valence electrons. The lowest BCUT2D eigenvalue weighted by Crippen LogP contribution is -2.42. The van der Waals surface area contributed by atoms with Crippen LogP contribution in [0.1, 0.15) is 73.8 Å². The van der Waals surface area contributed by atoms with Gasteiger partial charge in [0.1, 0.15) is 0 Å². The van der Waals surface area contributed by atoms with Crippen LogP contribution in [0.2, 0.25) is 0 Å². The number of rotatable bonds is 6. The fourth-order valence-corrected chi connectivity index (χ4v) is 4.90. The number of carbonyl (C=O) groups excluding carboxylic acids is 1. The highest BCUT2D eigenvalue weighted by Crippen LogP contribution is 2.32. The summed E-state index contributed by atoms with van der Waals surface area (Å²) in [4.78, 5) is 28.7. The number of nitrogens with zero attached hydrogens (tertiary/aromatic N) is 4. The van der Waals surface area contributed by atoms with Gasteiger partial charge in [0.2, 0.25) is 11.9 Å². The molecule has 2 fully saturated rings. The number of hydrogen-bond acceptors (Lipinski definition) is 6. The molecule has 0 radical (unpaired) electrons. The van der Waals surface area contributed by atoms with Gasteiger partial charge >= 0.3 is 0 Å². The molecule has 1 saturated heterocycles. The van der Waals surface area contributed by atoms with E-state index >= 15 is 0 Å². The lowest BCUT2D eigenvalue weighted by molar-refractivity contribution is -0.123. The third-order valence-corrected chi connectivity index (χ3v) is 6.23. The van der Waals surface area contributed by atoms with Crippen LogP contribution in [0.15, 0.2) is 18.2 Å². The van der Waals surface area contributed by atoms with E-state index in [1.807, 2.05) is 32.9 Å². The van der Waals surface area contributed by atoms with Gasteiger partial charge < -0.3 is 10.6 Å². The molecule has 2 aliphatic rings. The summed E-state index contributed by atoms with van der Waals surface area (Å²) < 4.78 is 0. The number of likely N-dealkylation sites (tertiary alicyclic amines) is 1. The van der Waals surface area contributed by atoms with E-state index < -0.39 is 0 Å². The van der Waals surface area contributed by atoms with E-state index in [2.05, 4.69) is 31.6 Å². The Balaban J connectivity index is 1.45. The van der Waals surface area contributed by atoms with Gasteiger partial charge in [0.05, 0.1) is 18.3 Å². The van der Waals surface area contributed by atoms with E-state index in [0.29, 0.717) is 18.5 Å². The molecule has 2 aromatic rings. The van der Waals surface area contributed by atoms with Crippen LogP contribution in [-0.2, 0) is 4.79 Å². The maximum atomic E-state index is 12.7. The van der Waals surface area contributed by atoms with Gasteiger partial charge in [-0.3, -0.25) is 14.7 Å². The fourth-order valence-electron chi connectivity index (χ4n) is 4.90. The van der Waals surface area contributed by atoms with Crippen LogP contribution in [0, 0.1) is 20.8 Å². The van der Waals surface area contributed by atoms with Gasteiger partial charge in [-0.1, -0.05) is 19.3 Å². The highest BCUT2D eigenvalue weighted by molar-refractivity contribution is 5.78. The standard InChI is InChI=1S/C24H34N6O/c1-16-12-17(2)27-24(26-16)29-20-13-18(3)25-21(14-20)22-10-7-11-30(22)15-23(31)28-19-8-5-4-6-9-19/h12-14,19,22H,4-11,15H2,1-3H3,(H,28,31)(H,25,26,27,29)/t22-/m1/s1. The first-order chi connectivity index (χ1) is 15.0. The van der Waals surface area contributed by atoms with Crippen molar-refractivity contribution in [1.82, 2.24) is 25.2 Å². The molecule has 1 aliphatic carbocycles. The van der Waals surface area contributed by atoms with Crippen LogP contribution in [0.4, 0.5) is 11.6 Å². The van der Waals surface area contributed by atoms with Crippen molar-refractivity contribution in [2.45, 2.75) is 77.8 Å². The van der Waals surface area contributed by atoms with Crippen molar-refractivity contribution in [3.8, 4) is 0 Å². The van der Waals surface area contributed by atoms with E-state index in [1.165, 1.54) is 19.3 Å². The van der Waals surface area contributed by atoms with Crippen LogP contribution >= 0.6 is 0 Å². The molecule has 1 amide bonds. The average Bonchev–Trinajstić information content (AvgIpc) is 3.15. The number of anilines is 2. The number of amides is 1. The van der Waals surface area contributed by atoms with E-state index in [-0.39, 0.29) is 11.9 Å². The zero-order valence-corrected chi connectivity index (χ0v) is 18.9. The van der Waals surface area contributed by atoms with E-state index in [0.717, 1.165) is 60.7 Å². The summed E-state index contributed by atoms with van der Waals surface area (Å²) in [5.41, 5.74) is 4.77. The molecule has 1 atom stereocenters. The summed E-state index contributed by atoms with van der Waals surface area (Å²) in [5, 5.41) is 6.59. The molecule has 7 heteroatoms. The number of nitrogens with one attached hydrogen (secondary N) is 2. The Hall–Kier alpha value is -2.54. The molecule has 2 aromatic heterocycles. The molecular weight excluding hydrogens is 388 g/mol. The predicted octanol–water partition coefficient (Wildman–Crippen LogP) is 4.13. The second-order valence-corrected chi connectivity index (χ2v) is 9.05. The first kappa shape index (κ1) is 21.7. The largest absolute Gasteiger partial charge is 0.352 e. The third-order valence-electron chi connectivity index (χ3n) is 6.23. The molecule has 7 nitrogen and oxygen atoms in total. The summed E-state index contributed by atoms with van der Waals surface area (Å²) in [6, 6.07) is 6.57. The summed E-state index contributed by atoms with van der Waals surface area (Å²) in [6.45, 7) is 7.32. The SMILES string of the molecule is Cc1cc(Nc2nc(C)cc(C)n2)cc([C@H]2CCCN2CC(=O)NC2CCCCC2)n1. The van der Waals surface area contributed by atoms with Gasteiger partial charge in [-0.2, -0.15) is 0 Å². The molecule has 3 heterocycles. The highest BCUT2D eigenvalue weighted by Gasteiger charge is 2.29. The first-order valence-electron chi connectivity index (χ1n) is 11.6. The zero-order valence-electron chi connectivity index (χ0n) is 18.9. The van der Waals surface area contributed by atoms with Gasteiger partial charge in [0.15, 0.2) is 0 Å². The van der Waals surface area contributed by atoms with Gasteiger partial charge in [-0.25, -0.2) is 9.97 Å². The van der Waals surface area contributed by atoms with Crippen LogP contribution in [-0.4, -0.2) is 44.9 Å². The number of carbonyl (C=O) groups is 1. The van der Waals surface area contributed by atoms with Gasteiger partial charge in [-0.05, 0) is 71.2 Å². The fraction of sp³-hybridized carbons (Fsp3) is 0.583. The van der Waals surface area contributed by atoms with Gasteiger partial charge in [0, 0.05) is 28.8 Å². The Morgan fingerprint density at radius 2 is 1.65 bits per heavy atom. The summed E-state index contributed by atoms with van der Waals surface area (Å²) in [6.07, 6.45) is 8.08. The first-order valence-corrected chi connectivity index (χ1v) is 11.6. The molecule has 2 N–H and O–H groups in total. The molecule has 0 bridgehead atoms. The molecule has 0 unspecified atom stereocenters. The maximum Gasteiger partial charge on any atom is 0.234 e. The Kier molecular flexibility index (Phi) is 6.80. The summed E-state index contributed by atoms with van der Waals surface area (Å²) >= 11 is 0. The topological polar surface area (TPSA) is 83.0 Å². The number of aryl methyl sites for hydroxylation is 3. The van der Waals surface area contributed by atoms with Crippen molar-refractivity contribution in [2.24, 2.45) is 0 Å². The van der Waals surface area contributed by atoms with Crippen molar-refractivity contribution < 1.29 is 4.79 Å². The highest BCUT2D eigenvalue weighted by atomic mass is 16.2. The van der Waals surface area contributed by atoms with Gasteiger partial charge in [0.25, 0.3) is 0 Å². The van der Waals surface area contributed by atoms with Crippen LogP contribution in [0.3, 0.4) is 0 Å². The van der Waals surface area contributed by atoms with Crippen molar-refractivity contribution in [1.29, 1.82) is 0 Å². The molecule has 1 aliphatic heterocycles. The van der Waals surface area contributed by atoms with Gasteiger partial charge in [-0.15, -0.1) is 0 Å². The monoisotopic (exact) mass is 422 g/mol.